The number of hydrogen-bond acceptors (Lipinski definition) is 4. The van der Waals surface area contributed by atoms with Crippen LogP contribution in [0.1, 0.15) is 23.0 Å². The van der Waals surface area contributed by atoms with E-state index in [1.807, 2.05) is 12.1 Å². The lowest BCUT2D eigenvalue weighted by Crippen LogP contribution is -2.12. The Labute approximate surface area is 170 Å². The average molecular weight is 424 g/mol. The first-order valence-corrected chi connectivity index (χ1v) is 9.29. The Kier molecular flexibility index (Phi) is 4.76. The predicted octanol–water partition coefficient (Wildman–Crippen LogP) is 5.77. The Morgan fingerprint density at radius 1 is 1.19 bits per heavy atom. The van der Waals surface area contributed by atoms with Crippen molar-refractivity contribution in [2.24, 2.45) is 0 Å². The van der Waals surface area contributed by atoms with Gasteiger partial charge in [0.2, 0.25) is 0 Å². The highest BCUT2D eigenvalue weighted by molar-refractivity contribution is 6.37. The summed E-state index contributed by atoms with van der Waals surface area (Å²) < 4.78 is 10.8. The van der Waals surface area contributed by atoms with E-state index in [0.717, 1.165) is 11.1 Å². The Balaban J connectivity index is 1.85. The van der Waals surface area contributed by atoms with E-state index in [-0.39, 0.29) is 18.9 Å². The summed E-state index contributed by atoms with van der Waals surface area (Å²) in [5.74, 6) is 0.0297. The molecule has 27 heavy (non-hydrogen) atoms. The number of fused-ring (bicyclic) bond motifs is 3. The smallest absolute Gasteiger partial charge is 0.359 e. The lowest BCUT2D eigenvalue weighted by Gasteiger charge is -2.20. The molecule has 1 N–H and O–H groups in total. The maximum Gasteiger partial charge on any atom is 0.359 e. The summed E-state index contributed by atoms with van der Waals surface area (Å²) in [5.41, 5.74) is 3.80. The van der Waals surface area contributed by atoms with Gasteiger partial charge in [-0.05, 0) is 36.8 Å². The maximum absolute atomic E-state index is 12.1. The summed E-state index contributed by atoms with van der Waals surface area (Å²) in [5, 5.41) is 8.51. The van der Waals surface area contributed by atoms with E-state index in [1.54, 1.807) is 25.1 Å². The summed E-state index contributed by atoms with van der Waals surface area (Å²) in [7, 11) is 0. The second kappa shape index (κ2) is 7.08. The van der Waals surface area contributed by atoms with Crippen molar-refractivity contribution in [3.05, 3.63) is 56.7 Å². The van der Waals surface area contributed by atoms with Crippen LogP contribution in [0.3, 0.4) is 0 Å². The van der Waals surface area contributed by atoms with Crippen molar-refractivity contribution in [3.8, 4) is 28.1 Å². The van der Waals surface area contributed by atoms with E-state index in [0.29, 0.717) is 37.6 Å². The van der Waals surface area contributed by atoms with E-state index in [2.05, 4.69) is 10.2 Å². The molecule has 0 saturated heterocycles. The molecule has 0 bridgehead atoms. The highest BCUT2D eigenvalue weighted by Crippen LogP contribution is 2.45. The molecule has 3 aromatic rings. The predicted molar refractivity (Wildman–Crippen MR) is 105 cm³/mol. The molecule has 2 aromatic carbocycles. The number of aromatic nitrogens is 2. The SMILES string of the molecule is CCOC(=O)c1n[nH]c2c1COc1c(Cl)cc(-c3ccc(Cl)cc3Cl)cc1-2. The molecule has 0 saturated carbocycles. The van der Waals surface area contributed by atoms with Crippen LogP contribution in [0.2, 0.25) is 15.1 Å². The standard InChI is InChI=1S/C19H13Cl3N2O3/c1-2-26-19(25)17-13-8-27-18-12(16(13)23-24-17)5-9(6-15(18)22)11-4-3-10(20)7-14(11)21/h3-7H,2,8H2,1H3,(H,23,24). The average Bonchev–Trinajstić information content (AvgIpc) is 3.06. The van der Waals surface area contributed by atoms with Gasteiger partial charge in [-0.15, -0.1) is 0 Å². The van der Waals surface area contributed by atoms with Gasteiger partial charge in [0.1, 0.15) is 12.4 Å². The normalized spacial score (nSPS) is 12.1. The van der Waals surface area contributed by atoms with Crippen LogP contribution in [0.15, 0.2) is 30.3 Å². The first-order chi connectivity index (χ1) is 13.0. The van der Waals surface area contributed by atoms with E-state index in [1.165, 1.54) is 0 Å². The fourth-order valence-corrected chi connectivity index (χ4v) is 3.84. The number of carbonyl (C=O) groups excluding carboxylic acids is 1. The third-order valence-corrected chi connectivity index (χ3v) is 5.08. The van der Waals surface area contributed by atoms with E-state index in [9.17, 15) is 4.79 Å². The second-order valence-corrected chi connectivity index (χ2v) is 7.14. The lowest BCUT2D eigenvalue weighted by atomic mass is 9.97. The Hall–Kier alpha value is -2.21. The number of nitrogens with zero attached hydrogens (tertiary/aromatic N) is 1. The monoisotopic (exact) mass is 422 g/mol. The van der Waals surface area contributed by atoms with Gasteiger partial charge < -0.3 is 9.47 Å². The zero-order valence-corrected chi connectivity index (χ0v) is 16.4. The van der Waals surface area contributed by atoms with Crippen molar-refractivity contribution in [2.45, 2.75) is 13.5 Å². The minimum atomic E-state index is -0.495. The summed E-state index contributed by atoms with van der Waals surface area (Å²) in [4.78, 5) is 12.1. The summed E-state index contributed by atoms with van der Waals surface area (Å²) >= 11 is 18.8. The van der Waals surface area contributed by atoms with Crippen molar-refractivity contribution in [2.75, 3.05) is 6.61 Å². The van der Waals surface area contributed by atoms with E-state index in [4.69, 9.17) is 44.3 Å². The van der Waals surface area contributed by atoms with Crippen LogP contribution in [0, 0.1) is 0 Å². The van der Waals surface area contributed by atoms with E-state index < -0.39 is 5.97 Å². The van der Waals surface area contributed by atoms with Gasteiger partial charge in [0.25, 0.3) is 0 Å². The molecule has 0 atom stereocenters. The molecule has 5 nitrogen and oxygen atoms in total. The summed E-state index contributed by atoms with van der Waals surface area (Å²) in [6.45, 7) is 2.18. The number of ether oxygens (including phenoxy) is 2. The largest absolute Gasteiger partial charge is 0.486 e. The molecule has 2 heterocycles. The Morgan fingerprint density at radius 3 is 2.74 bits per heavy atom. The minimum absolute atomic E-state index is 0.174. The zero-order valence-electron chi connectivity index (χ0n) is 14.1. The molecule has 0 amide bonds. The number of esters is 1. The number of halogens is 3. The third kappa shape index (κ3) is 3.16. The number of H-pyrrole nitrogens is 1. The number of hydrogen-bond donors (Lipinski definition) is 1. The van der Waals surface area contributed by atoms with Crippen LogP contribution >= 0.6 is 34.8 Å². The number of aromatic amines is 1. The number of carbonyl (C=O) groups is 1. The molecule has 138 valence electrons. The molecule has 1 aromatic heterocycles. The molecule has 0 radical (unpaired) electrons. The van der Waals surface area contributed by atoms with Crippen molar-refractivity contribution in [1.82, 2.24) is 10.2 Å². The number of rotatable bonds is 3. The van der Waals surface area contributed by atoms with Crippen LogP contribution < -0.4 is 4.74 Å². The molecule has 1 aliphatic heterocycles. The van der Waals surface area contributed by atoms with Gasteiger partial charge in [-0.25, -0.2) is 4.79 Å². The van der Waals surface area contributed by atoms with Gasteiger partial charge in [-0.1, -0.05) is 40.9 Å². The highest BCUT2D eigenvalue weighted by atomic mass is 35.5. The second-order valence-electron chi connectivity index (χ2n) is 5.89. The molecule has 1 aliphatic rings. The fraction of sp³-hybridized carbons (Fsp3) is 0.158. The summed E-state index contributed by atoms with van der Waals surface area (Å²) in [6, 6.07) is 8.92. The van der Waals surface area contributed by atoms with Crippen LogP contribution in [0.25, 0.3) is 22.4 Å². The van der Waals surface area contributed by atoms with Crippen LogP contribution in [0.5, 0.6) is 5.75 Å². The number of nitrogens with one attached hydrogen (secondary N) is 1. The van der Waals surface area contributed by atoms with Crippen molar-refractivity contribution in [1.29, 1.82) is 0 Å². The van der Waals surface area contributed by atoms with E-state index >= 15 is 0 Å². The number of benzene rings is 2. The quantitative estimate of drug-likeness (QED) is 0.543. The molecular weight excluding hydrogens is 411 g/mol. The zero-order chi connectivity index (χ0) is 19.1. The van der Waals surface area contributed by atoms with Crippen LogP contribution in [-0.2, 0) is 11.3 Å². The maximum atomic E-state index is 12.1. The fourth-order valence-electron chi connectivity index (χ4n) is 3.05. The van der Waals surface area contributed by atoms with Gasteiger partial charge in [-0.2, -0.15) is 5.10 Å². The van der Waals surface area contributed by atoms with Gasteiger partial charge in [-0.3, -0.25) is 5.10 Å². The van der Waals surface area contributed by atoms with Crippen LogP contribution in [-0.4, -0.2) is 22.8 Å². The summed E-state index contributed by atoms with van der Waals surface area (Å²) in [6.07, 6.45) is 0. The van der Waals surface area contributed by atoms with Gasteiger partial charge in [0.15, 0.2) is 5.69 Å². The molecule has 0 aliphatic carbocycles. The Bertz CT molecular complexity index is 1060. The first-order valence-electron chi connectivity index (χ1n) is 8.16. The lowest BCUT2D eigenvalue weighted by molar-refractivity contribution is 0.0516. The van der Waals surface area contributed by atoms with Crippen molar-refractivity contribution >= 4 is 40.8 Å². The molecule has 4 rings (SSSR count). The molecular formula is C19H13Cl3N2O3. The molecule has 0 unspecified atom stereocenters. The molecule has 0 spiro atoms. The van der Waals surface area contributed by atoms with Gasteiger partial charge >= 0.3 is 5.97 Å². The van der Waals surface area contributed by atoms with Gasteiger partial charge in [0.05, 0.1) is 22.9 Å². The minimum Gasteiger partial charge on any atom is -0.486 e. The van der Waals surface area contributed by atoms with Crippen LogP contribution in [0.4, 0.5) is 0 Å². The molecule has 8 heteroatoms. The first kappa shape index (κ1) is 18.2. The topological polar surface area (TPSA) is 64.2 Å². The van der Waals surface area contributed by atoms with Crippen molar-refractivity contribution < 1.29 is 14.3 Å². The highest BCUT2D eigenvalue weighted by Gasteiger charge is 2.29. The molecule has 0 fully saturated rings. The van der Waals surface area contributed by atoms with Crippen molar-refractivity contribution in [3.63, 3.8) is 0 Å². The Morgan fingerprint density at radius 2 is 2.00 bits per heavy atom. The third-order valence-electron chi connectivity index (χ3n) is 4.25. The van der Waals surface area contributed by atoms with Gasteiger partial charge in [0, 0.05) is 21.2 Å².